The molecule has 2 aromatic rings. The molecule has 0 bridgehead atoms. The van der Waals surface area contributed by atoms with E-state index in [1.165, 1.54) is 24.3 Å². The number of rotatable bonds is 8. The Bertz CT molecular complexity index is 1310. The van der Waals surface area contributed by atoms with Crippen LogP contribution in [-0.4, -0.2) is 45.0 Å². The van der Waals surface area contributed by atoms with Crippen LogP contribution in [-0.2, 0) is 32.0 Å². The molecule has 1 amide bonds. The van der Waals surface area contributed by atoms with Crippen LogP contribution in [0, 0.1) is 17.2 Å². The van der Waals surface area contributed by atoms with Gasteiger partial charge in [0.05, 0.1) is 29.2 Å². The summed E-state index contributed by atoms with van der Waals surface area (Å²) in [6.45, 7) is 1.21. The number of halogens is 3. The van der Waals surface area contributed by atoms with Crippen molar-refractivity contribution < 1.29 is 27.1 Å². The summed E-state index contributed by atoms with van der Waals surface area (Å²) in [5.74, 6) is -2.29. The second-order valence-electron chi connectivity index (χ2n) is 8.04. The highest BCUT2D eigenvalue weighted by Crippen LogP contribution is 2.28. The number of anilines is 1. The van der Waals surface area contributed by atoms with Gasteiger partial charge in [0.2, 0.25) is 15.9 Å². The number of nitrogens with zero attached hydrogens (tertiary/aromatic N) is 3. The van der Waals surface area contributed by atoms with Crippen molar-refractivity contribution in [2.24, 2.45) is 5.92 Å². The molecule has 36 heavy (non-hydrogen) atoms. The summed E-state index contributed by atoms with van der Waals surface area (Å²) in [5.41, 5.74) is 0.121. The van der Waals surface area contributed by atoms with Crippen LogP contribution < -0.4 is 9.62 Å². The van der Waals surface area contributed by atoms with Crippen molar-refractivity contribution in [1.82, 2.24) is 9.71 Å². The number of aromatic nitrogens is 1. The molecule has 1 aromatic carbocycles. The van der Waals surface area contributed by atoms with Crippen molar-refractivity contribution in [1.29, 1.82) is 5.26 Å². The van der Waals surface area contributed by atoms with Crippen molar-refractivity contribution in [2.75, 3.05) is 24.6 Å². The topological polar surface area (TPSA) is 129 Å². The molecule has 1 fully saturated rings. The first-order chi connectivity index (χ1) is 17.1. The minimum atomic E-state index is -4.00. The predicted octanol–water partition coefficient (Wildman–Crippen LogP) is 3.77. The van der Waals surface area contributed by atoms with Crippen molar-refractivity contribution in [3.05, 3.63) is 56.7 Å². The second kappa shape index (κ2) is 11.9. The zero-order chi connectivity index (χ0) is 26.5. The summed E-state index contributed by atoms with van der Waals surface area (Å²) in [6, 6.07) is 7.62. The maximum absolute atomic E-state index is 13.6. The number of carbonyl (C=O) groups is 2. The lowest BCUT2D eigenvalue weighted by Gasteiger charge is -2.32. The normalized spacial score (nSPS) is 14.2. The van der Waals surface area contributed by atoms with E-state index >= 15 is 0 Å². The molecular formula is C23H23Cl2FN4O5S. The third kappa shape index (κ3) is 6.63. The van der Waals surface area contributed by atoms with Gasteiger partial charge in [0.1, 0.15) is 18.6 Å². The molecule has 0 atom stereocenters. The molecule has 0 radical (unpaired) electrons. The molecule has 192 valence electrons. The van der Waals surface area contributed by atoms with Crippen molar-refractivity contribution in [3.8, 4) is 6.07 Å². The molecule has 1 N–H and O–H groups in total. The van der Waals surface area contributed by atoms with E-state index in [1.54, 1.807) is 11.8 Å². The number of alkyl halides is 1. The van der Waals surface area contributed by atoms with Gasteiger partial charge in [-0.15, -0.1) is 0 Å². The van der Waals surface area contributed by atoms with Gasteiger partial charge >= 0.3 is 5.97 Å². The first-order valence-electron chi connectivity index (χ1n) is 11.0. The van der Waals surface area contributed by atoms with Crippen molar-refractivity contribution in [2.45, 2.75) is 32.2 Å². The minimum Gasteiger partial charge on any atom is -0.462 e. The number of pyridine rings is 1. The van der Waals surface area contributed by atoms with Crippen LogP contribution in [0.2, 0.25) is 10.0 Å². The first-order valence-corrected chi connectivity index (χ1v) is 13.4. The Labute approximate surface area is 218 Å². The predicted molar refractivity (Wildman–Crippen MR) is 132 cm³/mol. The zero-order valence-electron chi connectivity index (χ0n) is 19.3. The molecular weight excluding hydrogens is 534 g/mol. The summed E-state index contributed by atoms with van der Waals surface area (Å²) in [7, 11) is -4.00. The molecule has 0 spiro atoms. The Morgan fingerprint density at radius 2 is 1.97 bits per heavy atom. The minimum absolute atomic E-state index is 0.0700. The highest BCUT2D eigenvalue weighted by Gasteiger charge is 2.30. The molecule has 13 heteroatoms. The number of esters is 1. The third-order valence-electron chi connectivity index (χ3n) is 5.61. The number of hydrogen-bond donors (Lipinski definition) is 1. The zero-order valence-corrected chi connectivity index (χ0v) is 21.6. The Kier molecular flexibility index (Phi) is 9.11. The Morgan fingerprint density at radius 3 is 2.56 bits per heavy atom. The van der Waals surface area contributed by atoms with Crippen LogP contribution in [0.25, 0.3) is 0 Å². The van der Waals surface area contributed by atoms with Gasteiger partial charge in [-0.25, -0.2) is 22.6 Å². The van der Waals surface area contributed by atoms with Crippen LogP contribution >= 0.6 is 23.2 Å². The lowest BCUT2D eigenvalue weighted by atomic mass is 9.96. The number of piperidine rings is 1. The summed E-state index contributed by atoms with van der Waals surface area (Å²) < 4.78 is 45.6. The summed E-state index contributed by atoms with van der Waals surface area (Å²) >= 11 is 11.9. The fourth-order valence-corrected chi connectivity index (χ4v) is 5.58. The molecule has 1 aliphatic rings. The molecule has 9 nitrogen and oxygen atoms in total. The molecule has 1 saturated heterocycles. The number of benzene rings is 1. The van der Waals surface area contributed by atoms with E-state index in [0.717, 1.165) is 0 Å². The monoisotopic (exact) mass is 556 g/mol. The molecule has 0 unspecified atom stereocenters. The average molecular weight is 557 g/mol. The van der Waals surface area contributed by atoms with Gasteiger partial charge in [-0.05, 0) is 43.5 Å². The fourth-order valence-electron chi connectivity index (χ4n) is 3.82. The van der Waals surface area contributed by atoms with Crippen molar-refractivity contribution in [3.63, 3.8) is 0 Å². The number of ether oxygens (including phenoxy) is 1. The lowest BCUT2D eigenvalue weighted by molar-refractivity contribution is -0.123. The van der Waals surface area contributed by atoms with Gasteiger partial charge in [-0.2, -0.15) is 5.26 Å². The van der Waals surface area contributed by atoms with Gasteiger partial charge in [0, 0.05) is 29.1 Å². The number of nitrogens with one attached hydrogen (secondary N) is 1. The molecule has 2 heterocycles. The highest BCUT2D eigenvalue weighted by atomic mass is 35.5. The first kappa shape index (κ1) is 27.6. The molecule has 3 rings (SSSR count). The second-order valence-corrected chi connectivity index (χ2v) is 10.6. The van der Waals surface area contributed by atoms with Crippen molar-refractivity contribution >= 4 is 50.9 Å². The van der Waals surface area contributed by atoms with Crippen LogP contribution in [0.1, 0.15) is 46.9 Å². The standard InChI is InChI=1S/C23H23Cl2FN4O5S/c1-2-35-23(32)18-9-16(12-27)21(28-20(18)11-26)30-7-5-14(6-8-30)22(31)29-36(33,34)13-15-3-4-17(24)10-19(15)25/h3-4,9-10,14H,2,5-8,11,13H2,1H3,(H,29,31). The van der Waals surface area contributed by atoms with Gasteiger partial charge in [0.25, 0.3) is 0 Å². The molecule has 1 aromatic heterocycles. The van der Waals surface area contributed by atoms with E-state index in [-0.39, 0.29) is 60.2 Å². The van der Waals surface area contributed by atoms with E-state index in [1.807, 2.05) is 6.07 Å². The van der Waals surface area contributed by atoms with Crippen LogP contribution in [0.15, 0.2) is 24.3 Å². The smallest absolute Gasteiger partial charge is 0.340 e. The van der Waals surface area contributed by atoms with E-state index in [4.69, 9.17) is 27.9 Å². The SMILES string of the molecule is CCOC(=O)c1cc(C#N)c(N2CCC(C(=O)NS(=O)(=O)Cc3ccc(Cl)cc3Cl)CC2)nc1CF. The summed E-state index contributed by atoms with van der Waals surface area (Å²) in [4.78, 5) is 30.7. The average Bonchev–Trinajstić information content (AvgIpc) is 2.84. The highest BCUT2D eigenvalue weighted by molar-refractivity contribution is 7.89. The third-order valence-corrected chi connectivity index (χ3v) is 7.40. The maximum atomic E-state index is 13.6. The Hall–Kier alpha value is -2.94. The quantitative estimate of drug-likeness (QED) is 0.486. The number of hydrogen-bond acceptors (Lipinski definition) is 8. The number of sulfonamides is 1. The van der Waals surface area contributed by atoms with Gasteiger partial charge in [0.15, 0.2) is 0 Å². The molecule has 0 aliphatic carbocycles. The maximum Gasteiger partial charge on any atom is 0.340 e. The molecule has 0 saturated carbocycles. The van der Waals surface area contributed by atoms with Crippen LogP contribution in [0.3, 0.4) is 0 Å². The summed E-state index contributed by atoms with van der Waals surface area (Å²) in [6.07, 6.45) is 0.556. The fraction of sp³-hybridized carbons (Fsp3) is 0.391. The number of carbonyl (C=O) groups excluding carboxylic acids is 2. The lowest BCUT2D eigenvalue weighted by Crippen LogP contribution is -2.43. The van der Waals surface area contributed by atoms with E-state index in [0.29, 0.717) is 10.6 Å². The largest absolute Gasteiger partial charge is 0.462 e. The Morgan fingerprint density at radius 1 is 1.28 bits per heavy atom. The van der Waals surface area contributed by atoms with E-state index in [2.05, 4.69) is 9.71 Å². The van der Waals surface area contributed by atoms with Gasteiger partial charge in [-0.1, -0.05) is 29.3 Å². The Balaban J connectivity index is 1.68. The van der Waals surface area contributed by atoms with Crippen LogP contribution in [0.4, 0.5) is 10.2 Å². The van der Waals surface area contributed by atoms with Crippen LogP contribution in [0.5, 0.6) is 0 Å². The molecule has 1 aliphatic heterocycles. The summed E-state index contributed by atoms with van der Waals surface area (Å²) in [5, 5.41) is 10.1. The number of nitriles is 1. The number of amides is 1. The van der Waals surface area contributed by atoms with E-state index in [9.17, 15) is 27.7 Å². The van der Waals surface area contributed by atoms with Gasteiger partial charge in [-0.3, -0.25) is 9.52 Å². The van der Waals surface area contributed by atoms with E-state index < -0.39 is 40.2 Å². The van der Waals surface area contributed by atoms with Gasteiger partial charge < -0.3 is 9.64 Å².